The van der Waals surface area contributed by atoms with Crippen molar-refractivity contribution in [2.24, 2.45) is 0 Å². The zero-order valence-corrected chi connectivity index (χ0v) is 16.7. The zero-order valence-electron chi connectivity index (χ0n) is 14.6. The Kier molecular flexibility index (Phi) is 3.62. The number of benzene rings is 1. The summed E-state index contributed by atoms with van der Waals surface area (Å²) < 4.78 is 34.5. The maximum atomic E-state index is 15.5. The molecule has 25 heavy (non-hydrogen) atoms. The van der Waals surface area contributed by atoms with E-state index in [0.29, 0.717) is 22.8 Å². The first-order valence-corrected chi connectivity index (χ1v) is 9.34. The number of rotatable bonds is 1. The average Bonchev–Trinajstić information content (AvgIpc) is 2.99. The second-order valence-electron chi connectivity index (χ2n) is 6.84. The van der Waals surface area contributed by atoms with Gasteiger partial charge in [-0.3, -0.25) is 0 Å². The van der Waals surface area contributed by atoms with Crippen LogP contribution in [0.25, 0.3) is 5.57 Å². The molecule has 0 N–H and O–H groups in total. The van der Waals surface area contributed by atoms with Gasteiger partial charge in [0, 0.05) is 27.8 Å². The van der Waals surface area contributed by atoms with E-state index in [1.54, 1.807) is 13.8 Å². The molecule has 2 aliphatic heterocycles. The third-order valence-electron chi connectivity index (χ3n) is 5.07. The molecule has 1 aromatic carbocycles. The minimum atomic E-state index is -3.90. The maximum absolute atomic E-state index is 15.5. The molecule has 1 aromatic heterocycles. The molecule has 0 saturated heterocycles. The lowest BCUT2D eigenvalue weighted by Crippen LogP contribution is -2.51. The Bertz CT molecular complexity index is 1010. The summed E-state index contributed by atoms with van der Waals surface area (Å²) in [5.74, 6) is 0. The van der Waals surface area contributed by atoms with Gasteiger partial charge in [0.1, 0.15) is 5.71 Å². The molecule has 0 amide bonds. The van der Waals surface area contributed by atoms with E-state index in [2.05, 4.69) is 22.6 Å². The molecule has 3 heterocycles. The number of fused-ring (bicyclic) bond motifs is 2. The monoisotopic (exact) mass is 450 g/mol. The van der Waals surface area contributed by atoms with Gasteiger partial charge < -0.3 is 17.6 Å². The van der Waals surface area contributed by atoms with E-state index < -0.39 is 6.97 Å². The Hall–Kier alpha value is -1.70. The lowest BCUT2D eigenvalue weighted by molar-refractivity contribution is -0.363. The van der Waals surface area contributed by atoms with E-state index in [1.165, 1.54) is 8.96 Å². The molecule has 0 aliphatic carbocycles. The Morgan fingerprint density at radius 1 is 1.04 bits per heavy atom. The second kappa shape index (κ2) is 5.40. The van der Waals surface area contributed by atoms with Crippen LogP contribution in [0.1, 0.15) is 36.4 Å². The molecule has 4 rings (SSSR count). The topological polar surface area (TPSA) is 7.94 Å². The summed E-state index contributed by atoms with van der Waals surface area (Å²) in [4.78, 5) is 0. The van der Waals surface area contributed by atoms with Crippen LogP contribution in [0.2, 0.25) is 0 Å². The Balaban J connectivity index is 2.17. The number of aromatic nitrogens is 1. The summed E-state index contributed by atoms with van der Waals surface area (Å²) in [6, 6.07) is 9.93. The number of hydrogen-bond donors (Lipinski definition) is 0. The molecule has 0 unspecified atom stereocenters. The lowest BCUT2D eigenvalue weighted by Gasteiger charge is -2.34. The quantitative estimate of drug-likeness (QED) is 0.420. The van der Waals surface area contributed by atoms with Crippen molar-refractivity contribution in [1.29, 1.82) is 0 Å². The molecule has 2 aliphatic rings. The predicted octanol–water partition coefficient (Wildman–Crippen LogP) is 5.14. The van der Waals surface area contributed by atoms with Gasteiger partial charge in [-0.05, 0) is 78.4 Å². The summed E-state index contributed by atoms with van der Waals surface area (Å²) in [7, 11) is 0. The molecule has 0 saturated carbocycles. The Morgan fingerprint density at radius 2 is 1.68 bits per heavy atom. The number of nitrogens with zero attached hydrogens (tertiary/aromatic N) is 2. The van der Waals surface area contributed by atoms with Gasteiger partial charge in [0.15, 0.2) is 5.70 Å². The van der Waals surface area contributed by atoms with Crippen molar-refractivity contribution in [1.82, 2.24) is 4.48 Å². The smallest absolute Gasteiger partial charge is 0.393 e. The van der Waals surface area contributed by atoms with Gasteiger partial charge in [0.05, 0.1) is 5.57 Å². The highest BCUT2D eigenvalue weighted by molar-refractivity contribution is 14.1. The van der Waals surface area contributed by atoms with Gasteiger partial charge in [0.25, 0.3) is 0 Å². The van der Waals surface area contributed by atoms with Crippen LogP contribution in [0, 0.1) is 17.4 Å². The number of halogens is 3. The average molecular weight is 450 g/mol. The molecule has 0 bridgehead atoms. The standard InChI is InChI=1S/C19H18BF2IN2/c1-11-9-13(3)24-18(11)17(15-5-7-16(23)8-6-15)19-12(2)10-14(4)25(19)20(24,21)22/h5-10H,1-4H3. The number of aryl methyl sites for hydroxylation is 2. The van der Waals surface area contributed by atoms with Crippen molar-refractivity contribution < 1.29 is 13.1 Å². The highest BCUT2D eigenvalue weighted by Crippen LogP contribution is 2.44. The van der Waals surface area contributed by atoms with Gasteiger partial charge in [-0.2, -0.15) is 0 Å². The van der Waals surface area contributed by atoms with E-state index in [1.807, 2.05) is 50.3 Å². The lowest BCUT2D eigenvalue weighted by atomic mass is 9.84. The molecule has 0 fully saturated rings. The maximum Gasteiger partial charge on any atom is 0.737 e. The highest BCUT2D eigenvalue weighted by Gasteiger charge is 2.55. The van der Waals surface area contributed by atoms with E-state index in [9.17, 15) is 0 Å². The zero-order chi connectivity index (χ0) is 18.1. The van der Waals surface area contributed by atoms with Crippen molar-refractivity contribution in [2.75, 3.05) is 0 Å². The summed E-state index contributed by atoms with van der Waals surface area (Å²) in [6.45, 7) is 3.45. The normalized spacial score (nSPS) is 18.4. The van der Waals surface area contributed by atoms with Crippen molar-refractivity contribution in [3.05, 3.63) is 73.8 Å². The van der Waals surface area contributed by atoms with Crippen molar-refractivity contribution in [2.45, 2.75) is 27.7 Å². The third-order valence-corrected chi connectivity index (χ3v) is 5.79. The van der Waals surface area contributed by atoms with Crippen LogP contribution in [-0.4, -0.2) is 21.6 Å². The molecule has 0 atom stereocenters. The van der Waals surface area contributed by atoms with Crippen LogP contribution >= 0.6 is 22.6 Å². The largest absolute Gasteiger partial charge is 0.737 e. The van der Waals surface area contributed by atoms with Crippen LogP contribution in [0.5, 0.6) is 0 Å². The predicted molar refractivity (Wildman–Crippen MR) is 107 cm³/mol. The van der Waals surface area contributed by atoms with E-state index in [0.717, 1.165) is 25.8 Å². The summed E-state index contributed by atoms with van der Waals surface area (Å²) in [5, 5.41) is 0. The Morgan fingerprint density at radius 3 is 2.32 bits per heavy atom. The molecule has 128 valence electrons. The first kappa shape index (κ1) is 16.8. The van der Waals surface area contributed by atoms with Crippen molar-refractivity contribution in [3.8, 4) is 0 Å². The van der Waals surface area contributed by atoms with Crippen LogP contribution in [0.4, 0.5) is 8.63 Å². The van der Waals surface area contributed by atoms with E-state index in [-0.39, 0.29) is 0 Å². The highest BCUT2D eigenvalue weighted by atomic mass is 127. The number of allylic oxidation sites excluding steroid dienone is 2. The van der Waals surface area contributed by atoms with Gasteiger partial charge in [-0.1, -0.05) is 12.1 Å². The van der Waals surface area contributed by atoms with Crippen LogP contribution < -0.4 is 0 Å². The van der Waals surface area contributed by atoms with Crippen molar-refractivity contribution in [3.63, 3.8) is 0 Å². The molecule has 6 heteroatoms. The Labute approximate surface area is 159 Å². The number of hydrogen-bond acceptors (Lipinski definition) is 0. The summed E-state index contributed by atoms with van der Waals surface area (Å²) in [5.41, 5.74) is 6.09. The molecule has 0 radical (unpaired) electrons. The van der Waals surface area contributed by atoms with Crippen LogP contribution in [-0.2, 0) is 0 Å². The summed E-state index contributed by atoms with van der Waals surface area (Å²) >= 11 is 2.26. The molecular formula is C19H18BF2IN2. The molecule has 0 spiro atoms. The van der Waals surface area contributed by atoms with Crippen LogP contribution in [0.15, 0.2) is 47.7 Å². The van der Waals surface area contributed by atoms with Crippen LogP contribution in [0.3, 0.4) is 0 Å². The molecular weight excluding hydrogens is 432 g/mol. The first-order chi connectivity index (χ1) is 11.7. The fourth-order valence-corrected chi connectivity index (χ4v) is 4.55. The fraction of sp³-hybridized carbons (Fsp3) is 0.211. The van der Waals surface area contributed by atoms with Gasteiger partial charge >= 0.3 is 6.97 Å². The molecule has 2 nitrogen and oxygen atoms in total. The van der Waals surface area contributed by atoms with E-state index >= 15 is 8.63 Å². The SMILES string of the molecule is CC1=CC(C)=[N+]2C1=C(c1ccc(I)cc1)c1c(C)cc(C)n1[B-]2(F)F. The minimum Gasteiger partial charge on any atom is -0.393 e. The van der Waals surface area contributed by atoms with Gasteiger partial charge in [-0.15, -0.1) is 0 Å². The van der Waals surface area contributed by atoms with Gasteiger partial charge in [0.2, 0.25) is 0 Å². The molecule has 2 aromatic rings. The first-order valence-electron chi connectivity index (χ1n) is 8.26. The van der Waals surface area contributed by atoms with Crippen molar-refractivity contribution >= 4 is 40.8 Å². The fourth-order valence-electron chi connectivity index (χ4n) is 4.19. The summed E-state index contributed by atoms with van der Waals surface area (Å²) in [6.07, 6.45) is 1.86. The van der Waals surface area contributed by atoms with E-state index in [4.69, 9.17) is 0 Å². The minimum absolute atomic E-state index is 0.594. The third kappa shape index (κ3) is 2.22. The second-order valence-corrected chi connectivity index (χ2v) is 8.09. The van der Waals surface area contributed by atoms with Gasteiger partial charge in [-0.25, -0.2) is 0 Å².